The average molecular weight is 322 g/mol. The highest BCUT2D eigenvalue weighted by atomic mass is 79.9. The van der Waals surface area contributed by atoms with Crippen LogP contribution in [0, 0.1) is 0 Å². The highest BCUT2D eigenvalue weighted by Crippen LogP contribution is 2.26. The zero-order valence-corrected chi connectivity index (χ0v) is 11.8. The summed E-state index contributed by atoms with van der Waals surface area (Å²) in [4.78, 5) is 4.22. The van der Waals surface area contributed by atoms with Crippen molar-refractivity contribution in [3.05, 3.63) is 21.8 Å². The molecule has 2 heterocycles. The van der Waals surface area contributed by atoms with E-state index in [1.807, 2.05) is 6.07 Å². The molecule has 1 aliphatic heterocycles. The molecule has 1 aromatic heterocycles. The van der Waals surface area contributed by atoms with E-state index >= 15 is 0 Å². The SMILES string of the molecule is COC1(CNc2ncc(Cl)cc2Br)CCOC1. The second kappa shape index (κ2) is 5.52. The molecule has 17 heavy (non-hydrogen) atoms. The highest BCUT2D eigenvalue weighted by molar-refractivity contribution is 9.10. The Balaban J connectivity index is 2.01. The molecule has 0 aromatic carbocycles. The van der Waals surface area contributed by atoms with Gasteiger partial charge in [-0.15, -0.1) is 0 Å². The molecule has 0 amide bonds. The van der Waals surface area contributed by atoms with Crippen LogP contribution >= 0.6 is 27.5 Å². The van der Waals surface area contributed by atoms with Gasteiger partial charge in [0, 0.05) is 32.9 Å². The van der Waals surface area contributed by atoms with Gasteiger partial charge in [-0.2, -0.15) is 0 Å². The van der Waals surface area contributed by atoms with Gasteiger partial charge < -0.3 is 14.8 Å². The van der Waals surface area contributed by atoms with Crippen molar-refractivity contribution in [3.63, 3.8) is 0 Å². The van der Waals surface area contributed by atoms with Crippen molar-refractivity contribution in [3.8, 4) is 0 Å². The van der Waals surface area contributed by atoms with Crippen molar-refractivity contribution < 1.29 is 9.47 Å². The van der Waals surface area contributed by atoms with E-state index in [4.69, 9.17) is 21.1 Å². The summed E-state index contributed by atoms with van der Waals surface area (Å²) in [6, 6.07) is 1.81. The molecule has 0 radical (unpaired) electrons. The summed E-state index contributed by atoms with van der Waals surface area (Å²) in [6.45, 7) is 2.02. The Morgan fingerprint density at radius 3 is 3.12 bits per heavy atom. The van der Waals surface area contributed by atoms with E-state index in [0.717, 1.165) is 23.3 Å². The lowest BCUT2D eigenvalue weighted by atomic mass is 10.0. The Hall–Kier alpha value is -0.360. The molecule has 1 aromatic rings. The lowest BCUT2D eigenvalue weighted by molar-refractivity contribution is -0.00626. The predicted molar refractivity (Wildman–Crippen MR) is 70.6 cm³/mol. The molecule has 0 saturated carbocycles. The van der Waals surface area contributed by atoms with Crippen molar-refractivity contribution >= 4 is 33.3 Å². The van der Waals surface area contributed by atoms with Crippen LogP contribution < -0.4 is 5.32 Å². The third-order valence-electron chi connectivity index (χ3n) is 2.89. The Bertz CT molecular complexity index is 397. The minimum absolute atomic E-state index is 0.249. The van der Waals surface area contributed by atoms with Gasteiger partial charge >= 0.3 is 0 Å². The number of aromatic nitrogens is 1. The van der Waals surface area contributed by atoms with E-state index in [9.17, 15) is 0 Å². The molecule has 1 saturated heterocycles. The average Bonchev–Trinajstić information content (AvgIpc) is 2.77. The standard InChI is InChI=1S/C11H14BrClN2O2/c1-16-11(2-3-17-7-11)6-15-10-9(12)4-8(13)5-14-10/h4-5H,2-3,6-7H2,1H3,(H,14,15). The number of hydrogen-bond donors (Lipinski definition) is 1. The fourth-order valence-corrected chi connectivity index (χ4v) is 2.53. The van der Waals surface area contributed by atoms with Crippen LogP contribution in [0.2, 0.25) is 5.02 Å². The first-order valence-electron chi connectivity index (χ1n) is 5.33. The molecule has 6 heteroatoms. The monoisotopic (exact) mass is 320 g/mol. The van der Waals surface area contributed by atoms with Gasteiger partial charge in [-0.05, 0) is 22.0 Å². The minimum Gasteiger partial charge on any atom is -0.378 e. The third-order valence-corrected chi connectivity index (χ3v) is 3.70. The lowest BCUT2D eigenvalue weighted by Crippen LogP contribution is -2.39. The molecule has 4 nitrogen and oxygen atoms in total. The lowest BCUT2D eigenvalue weighted by Gasteiger charge is -2.26. The number of nitrogens with one attached hydrogen (secondary N) is 1. The van der Waals surface area contributed by atoms with Crippen LogP contribution in [0.5, 0.6) is 0 Å². The zero-order valence-electron chi connectivity index (χ0n) is 9.50. The van der Waals surface area contributed by atoms with Crippen LogP contribution in [0.15, 0.2) is 16.7 Å². The number of rotatable bonds is 4. The molecular formula is C11H14BrClN2O2. The number of pyridine rings is 1. The van der Waals surface area contributed by atoms with E-state index in [-0.39, 0.29) is 5.60 Å². The van der Waals surface area contributed by atoms with Crippen LogP contribution in [-0.4, -0.2) is 37.5 Å². The fraction of sp³-hybridized carbons (Fsp3) is 0.545. The van der Waals surface area contributed by atoms with Gasteiger partial charge in [0.25, 0.3) is 0 Å². The van der Waals surface area contributed by atoms with Gasteiger partial charge in [-0.3, -0.25) is 0 Å². The molecule has 0 spiro atoms. The molecule has 1 aliphatic rings. The van der Waals surface area contributed by atoms with Crippen molar-refractivity contribution in [1.29, 1.82) is 0 Å². The van der Waals surface area contributed by atoms with Gasteiger partial charge in [-0.1, -0.05) is 11.6 Å². The number of nitrogens with zero attached hydrogens (tertiary/aromatic N) is 1. The van der Waals surface area contributed by atoms with Gasteiger partial charge in [0.15, 0.2) is 0 Å². The van der Waals surface area contributed by atoms with E-state index in [1.54, 1.807) is 13.3 Å². The van der Waals surface area contributed by atoms with Gasteiger partial charge in [-0.25, -0.2) is 4.98 Å². The number of anilines is 1. The number of ether oxygens (including phenoxy) is 2. The first-order chi connectivity index (χ1) is 8.15. The smallest absolute Gasteiger partial charge is 0.140 e. The van der Waals surface area contributed by atoms with Crippen molar-refractivity contribution in [2.45, 2.75) is 12.0 Å². The Morgan fingerprint density at radius 1 is 1.71 bits per heavy atom. The summed E-state index contributed by atoms with van der Waals surface area (Å²) in [5, 5.41) is 3.86. The summed E-state index contributed by atoms with van der Waals surface area (Å²) >= 11 is 9.25. The molecule has 94 valence electrons. The van der Waals surface area contributed by atoms with Crippen molar-refractivity contribution in [2.24, 2.45) is 0 Å². The summed E-state index contributed by atoms with van der Waals surface area (Å²) in [6.07, 6.45) is 2.50. The summed E-state index contributed by atoms with van der Waals surface area (Å²) in [7, 11) is 1.71. The molecule has 1 unspecified atom stereocenters. The van der Waals surface area contributed by atoms with E-state index in [2.05, 4.69) is 26.2 Å². The minimum atomic E-state index is -0.249. The van der Waals surface area contributed by atoms with E-state index in [0.29, 0.717) is 18.2 Å². The summed E-state index contributed by atoms with van der Waals surface area (Å²) in [5.41, 5.74) is -0.249. The van der Waals surface area contributed by atoms with Crippen LogP contribution in [0.4, 0.5) is 5.82 Å². The number of halogens is 2. The normalized spacial score (nSPS) is 23.9. The van der Waals surface area contributed by atoms with Crippen LogP contribution in [0.25, 0.3) is 0 Å². The molecule has 0 bridgehead atoms. The maximum Gasteiger partial charge on any atom is 0.140 e. The third kappa shape index (κ3) is 3.10. The fourth-order valence-electron chi connectivity index (χ4n) is 1.75. The van der Waals surface area contributed by atoms with Gasteiger partial charge in [0.1, 0.15) is 11.4 Å². The molecule has 2 rings (SSSR count). The summed E-state index contributed by atoms with van der Waals surface area (Å²) in [5.74, 6) is 0.762. The van der Waals surface area contributed by atoms with Crippen LogP contribution in [0.3, 0.4) is 0 Å². The van der Waals surface area contributed by atoms with E-state index in [1.165, 1.54) is 0 Å². The van der Waals surface area contributed by atoms with Gasteiger partial charge in [0.05, 0.1) is 16.1 Å². The number of hydrogen-bond acceptors (Lipinski definition) is 4. The largest absolute Gasteiger partial charge is 0.378 e. The van der Waals surface area contributed by atoms with Crippen molar-refractivity contribution in [2.75, 3.05) is 32.2 Å². The quantitative estimate of drug-likeness (QED) is 0.926. The first-order valence-corrected chi connectivity index (χ1v) is 6.50. The van der Waals surface area contributed by atoms with Crippen molar-refractivity contribution in [1.82, 2.24) is 4.98 Å². The first kappa shape index (κ1) is 13.1. The topological polar surface area (TPSA) is 43.4 Å². The highest BCUT2D eigenvalue weighted by Gasteiger charge is 2.34. The molecule has 1 atom stereocenters. The number of methoxy groups -OCH3 is 1. The Labute approximate surface area is 114 Å². The Morgan fingerprint density at radius 2 is 2.53 bits per heavy atom. The maximum atomic E-state index is 5.83. The molecule has 1 fully saturated rings. The van der Waals surface area contributed by atoms with E-state index < -0.39 is 0 Å². The Kier molecular flexibility index (Phi) is 4.25. The summed E-state index contributed by atoms with van der Waals surface area (Å²) < 4.78 is 11.7. The van der Waals surface area contributed by atoms with Crippen LogP contribution in [0.1, 0.15) is 6.42 Å². The zero-order chi connectivity index (χ0) is 12.3. The molecule has 1 N–H and O–H groups in total. The second-order valence-electron chi connectivity index (χ2n) is 4.03. The van der Waals surface area contributed by atoms with Crippen LogP contribution in [-0.2, 0) is 9.47 Å². The maximum absolute atomic E-state index is 5.83. The molecule has 0 aliphatic carbocycles. The van der Waals surface area contributed by atoms with Gasteiger partial charge in [0.2, 0.25) is 0 Å². The molecular weight excluding hydrogens is 307 g/mol. The second-order valence-corrected chi connectivity index (χ2v) is 5.32. The predicted octanol–water partition coefficient (Wildman–Crippen LogP) is 2.71.